The molecule has 0 bridgehead atoms. The van der Waals surface area contributed by atoms with E-state index >= 15 is 0 Å². The first-order valence-electron chi connectivity index (χ1n) is 2.51. The number of rotatable bonds is 2. The molecule has 2 heteroatoms. The maximum atomic E-state index is 8.88. The number of hydrogen-bond donors (Lipinski definition) is 2. The van der Waals surface area contributed by atoms with Crippen molar-refractivity contribution in [2.45, 2.75) is 31.6 Å². The van der Waals surface area contributed by atoms with Crippen LogP contribution in [0.15, 0.2) is 0 Å². The van der Waals surface area contributed by atoms with Gasteiger partial charge in [0, 0.05) is 0 Å². The maximum Gasteiger partial charge on any atom is 0.104 e. The molecule has 0 heterocycles. The van der Waals surface area contributed by atoms with Gasteiger partial charge in [0.1, 0.15) is 4.93 Å². The van der Waals surface area contributed by atoms with E-state index in [1.807, 2.05) is 6.92 Å². The third kappa shape index (κ3) is 6.31. The van der Waals surface area contributed by atoms with E-state index in [4.69, 9.17) is 5.11 Å². The van der Waals surface area contributed by atoms with Crippen LogP contribution in [0.1, 0.15) is 26.7 Å². The van der Waals surface area contributed by atoms with Crippen molar-refractivity contribution in [3.8, 4) is 0 Å². The van der Waals surface area contributed by atoms with Gasteiger partial charge in [-0.2, -0.15) is 0 Å². The van der Waals surface area contributed by atoms with Gasteiger partial charge >= 0.3 is 0 Å². The van der Waals surface area contributed by atoms with Gasteiger partial charge in [0.25, 0.3) is 0 Å². The Labute approximate surface area is 50.1 Å². The summed E-state index contributed by atoms with van der Waals surface area (Å²) in [5.74, 6) is 0. The highest BCUT2D eigenvalue weighted by molar-refractivity contribution is 7.81. The van der Waals surface area contributed by atoms with Gasteiger partial charge in [0.2, 0.25) is 0 Å². The summed E-state index contributed by atoms with van der Waals surface area (Å²) in [6.07, 6.45) is 1.74. The number of aliphatic hydroxyl groups is 1. The van der Waals surface area contributed by atoms with E-state index in [1.165, 1.54) is 0 Å². The van der Waals surface area contributed by atoms with Crippen LogP contribution in [0.5, 0.6) is 0 Å². The molecule has 0 saturated carbocycles. The Balaban J connectivity index is 3.15. The summed E-state index contributed by atoms with van der Waals surface area (Å²) in [5.41, 5.74) is 0. The first kappa shape index (κ1) is 7.31. The molecule has 7 heavy (non-hydrogen) atoms. The lowest BCUT2D eigenvalue weighted by molar-refractivity contribution is 0.149. The van der Waals surface area contributed by atoms with Gasteiger partial charge in [0.15, 0.2) is 0 Å². The fourth-order valence-electron chi connectivity index (χ4n) is 0.474. The minimum absolute atomic E-state index is 0.755. The molecule has 0 aromatic rings. The first-order chi connectivity index (χ1) is 3.06. The van der Waals surface area contributed by atoms with Gasteiger partial charge < -0.3 is 5.11 Å². The van der Waals surface area contributed by atoms with E-state index in [1.54, 1.807) is 6.92 Å². The van der Waals surface area contributed by atoms with Crippen molar-refractivity contribution in [1.29, 1.82) is 0 Å². The van der Waals surface area contributed by atoms with Gasteiger partial charge in [-0.3, -0.25) is 0 Å². The molecule has 44 valence electrons. The molecule has 0 aromatic carbocycles. The molecular formula is C5H12OS. The molecule has 1 nitrogen and oxygen atoms in total. The lowest BCUT2D eigenvalue weighted by Crippen LogP contribution is -2.13. The monoisotopic (exact) mass is 120 g/mol. The van der Waals surface area contributed by atoms with Crippen molar-refractivity contribution in [3.63, 3.8) is 0 Å². The predicted octanol–water partition coefficient (Wildman–Crippen LogP) is 1.42. The summed E-state index contributed by atoms with van der Waals surface area (Å²) < 4.78 is 0. The van der Waals surface area contributed by atoms with Crippen LogP contribution in [-0.4, -0.2) is 10.0 Å². The van der Waals surface area contributed by atoms with Gasteiger partial charge in [-0.05, 0) is 13.3 Å². The van der Waals surface area contributed by atoms with Crippen LogP contribution >= 0.6 is 12.6 Å². The topological polar surface area (TPSA) is 20.2 Å². The summed E-state index contributed by atoms with van der Waals surface area (Å²) in [5, 5.41) is 8.88. The van der Waals surface area contributed by atoms with Crippen LogP contribution in [0.25, 0.3) is 0 Å². The third-order valence-corrected chi connectivity index (χ3v) is 0.947. The fraction of sp³-hybridized carbons (Fsp3) is 1.00. The Morgan fingerprint density at radius 3 is 2.14 bits per heavy atom. The molecular weight excluding hydrogens is 108 g/mol. The van der Waals surface area contributed by atoms with Crippen molar-refractivity contribution < 1.29 is 5.11 Å². The van der Waals surface area contributed by atoms with E-state index in [0.29, 0.717) is 0 Å². The minimum atomic E-state index is -0.755. The summed E-state index contributed by atoms with van der Waals surface area (Å²) in [4.78, 5) is -0.755. The molecule has 1 N–H and O–H groups in total. The highest BCUT2D eigenvalue weighted by Crippen LogP contribution is 2.14. The molecule has 0 aromatic heterocycles. The zero-order valence-corrected chi connectivity index (χ0v) is 5.70. The van der Waals surface area contributed by atoms with Gasteiger partial charge in [-0.15, -0.1) is 12.6 Å². The molecule has 0 amide bonds. The highest BCUT2D eigenvalue weighted by atomic mass is 32.1. The smallest absolute Gasteiger partial charge is 0.104 e. The Kier molecular flexibility index (Phi) is 2.69. The van der Waals surface area contributed by atoms with Crippen molar-refractivity contribution in [3.05, 3.63) is 0 Å². The Bertz CT molecular complexity index is 46.5. The molecule has 0 aliphatic rings. The van der Waals surface area contributed by atoms with Crippen LogP contribution in [0.4, 0.5) is 0 Å². The largest absolute Gasteiger partial charge is 0.380 e. The molecule has 0 aliphatic carbocycles. The van der Waals surface area contributed by atoms with Gasteiger partial charge in [-0.1, -0.05) is 13.3 Å². The molecule has 0 saturated heterocycles. The van der Waals surface area contributed by atoms with Crippen LogP contribution < -0.4 is 0 Å². The Morgan fingerprint density at radius 2 is 2.14 bits per heavy atom. The first-order valence-corrected chi connectivity index (χ1v) is 2.96. The van der Waals surface area contributed by atoms with Crippen LogP contribution in [0.2, 0.25) is 0 Å². The summed E-state index contributed by atoms with van der Waals surface area (Å²) >= 11 is 3.89. The van der Waals surface area contributed by atoms with Crippen molar-refractivity contribution in [2.24, 2.45) is 0 Å². The second kappa shape index (κ2) is 2.58. The molecule has 0 aliphatic heterocycles. The molecule has 1 atom stereocenters. The van der Waals surface area contributed by atoms with Gasteiger partial charge in [0.05, 0.1) is 0 Å². The maximum absolute atomic E-state index is 8.88. The summed E-state index contributed by atoms with van der Waals surface area (Å²) in [7, 11) is 0. The van der Waals surface area contributed by atoms with Crippen molar-refractivity contribution in [1.82, 2.24) is 0 Å². The molecule has 0 rings (SSSR count). The number of thiol groups is 1. The zero-order chi connectivity index (χ0) is 5.91. The molecule has 1 unspecified atom stereocenters. The fourth-order valence-corrected chi connectivity index (χ4v) is 0.697. The normalized spacial score (nSPS) is 18.9. The average molecular weight is 120 g/mol. The van der Waals surface area contributed by atoms with E-state index < -0.39 is 4.93 Å². The standard InChI is InChI=1S/C5H12OS/c1-3-4-5(2,6)7/h6-7H,3-4H2,1-2H3. The molecule has 0 radical (unpaired) electrons. The Hall–Kier alpha value is 0.310. The van der Waals surface area contributed by atoms with Gasteiger partial charge in [-0.25, -0.2) is 0 Å². The van der Waals surface area contributed by atoms with Crippen molar-refractivity contribution >= 4 is 12.6 Å². The average Bonchev–Trinajstić information content (AvgIpc) is 1.30. The Morgan fingerprint density at radius 1 is 1.71 bits per heavy atom. The summed E-state index contributed by atoms with van der Waals surface area (Å²) in [6.45, 7) is 3.71. The third-order valence-electron chi connectivity index (χ3n) is 0.724. The zero-order valence-electron chi connectivity index (χ0n) is 4.81. The second-order valence-electron chi connectivity index (χ2n) is 1.97. The number of hydrogen-bond acceptors (Lipinski definition) is 2. The highest BCUT2D eigenvalue weighted by Gasteiger charge is 2.09. The summed E-state index contributed by atoms with van der Waals surface area (Å²) in [6, 6.07) is 0. The second-order valence-corrected chi connectivity index (χ2v) is 2.93. The molecule has 0 spiro atoms. The molecule has 0 fully saturated rings. The minimum Gasteiger partial charge on any atom is -0.380 e. The van der Waals surface area contributed by atoms with E-state index in [2.05, 4.69) is 12.6 Å². The predicted molar refractivity (Wildman–Crippen MR) is 34.5 cm³/mol. The van der Waals surface area contributed by atoms with Crippen molar-refractivity contribution in [2.75, 3.05) is 0 Å². The van der Waals surface area contributed by atoms with Crippen LogP contribution in [0.3, 0.4) is 0 Å². The lowest BCUT2D eigenvalue weighted by atomic mass is 10.2. The van der Waals surface area contributed by atoms with Crippen LogP contribution in [0, 0.1) is 0 Å². The van der Waals surface area contributed by atoms with E-state index in [9.17, 15) is 0 Å². The van der Waals surface area contributed by atoms with E-state index in [-0.39, 0.29) is 0 Å². The van der Waals surface area contributed by atoms with Crippen LogP contribution in [-0.2, 0) is 0 Å². The SMILES string of the molecule is CCCC(C)(O)S. The van der Waals surface area contributed by atoms with E-state index in [0.717, 1.165) is 12.8 Å². The lowest BCUT2D eigenvalue weighted by Gasteiger charge is -2.12. The quantitative estimate of drug-likeness (QED) is 0.417.